The summed E-state index contributed by atoms with van der Waals surface area (Å²) in [6.07, 6.45) is 0.503. The van der Waals surface area contributed by atoms with Crippen molar-refractivity contribution in [3.63, 3.8) is 0 Å². The Morgan fingerprint density at radius 2 is 2.00 bits per heavy atom. The monoisotopic (exact) mass is 206 g/mol. The lowest BCUT2D eigenvalue weighted by Gasteiger charge is -2.08. The largest absolute Gasteiger partial charge is 0.385 e. The summed E-state index contributed by atoms with van der Waals surface area (Å²) < 4.78 is 0. The number of amides is 1. The van der Waals surface area contributed by atoms with Crippen molar-refractivity contribution < 1.29 is 4.79 Å². The van der Waals surface area contributed by atoms with Crippen molar-refractivity contribution in [2.45, 2.75) is 20.3 Å². The maximum absolute atomic E-state index is 11.0. The van der Waals surface area contributed by atoms with E-state index in [-0.39, 0.29) is 5.91 Å². The Bertz CT molecular complexity index is 347. The molecule has 1 amide bonds. The highest BCUT2D eigenvalue weighted by Crippen LogP contribution is 2.13. The fourth-order valence-electron chi connectivity index (χ4n) is 1.30. The number of carbonyl (C=O) groups is 1. The SMILES string of the molecule is CNC(=O)CCNc1ccc(C)c(C)c1. The molecule has 3 heteroatoms. The van der Waals surface area contributed by atoms with Crippen LogP contribution in [0.1, 0.15) is 17.5 Å². The van der Waals surface area contributed by atoms with Crippen LogP contribution >= 0.6 is 0 Å². The first-order valence-corrected chi connectivity index (χ1v) is 5.15. The second-order valence-electron chi connectivity index (χ2n) is 3.65. The van der Waals surface area contributed by atoms with Crippen LogP contribution in [0, 0.1) is 13.8 Å². The van der Waals surface area contributed by atoms with Gasteiger partial charge in [0.1, 0.15) is 0 Å². The topological polar surface area (TPSA) is 41.1 Å². The Kier molecular flexibility index (Phi) is 4.16. The van der Waals surface area contributed by atoms with E-state index in [4.69, 9.17) is 0 Å². The Morgan fingerprint density at radius 3 is 2.60 bits per heavy atom. The summed E-state index contributed by atoms with van der Waals surface area (Å²) in [6.45, 7) is 4.84. The molecule has 15 heavy (non-hydrogen) atoms. The molecular weight excluding hydrogens is 188 g/mol. The van der Waals surface area contributed by atoms with Gasteiger partial charge in [-0.05, 0) is 37.1 Å². The minimum atomic E-state index is 0.0614. The highest BCUT2D eigenvalue weighted by molar-refractivity contribution is 5.76. The molecule has 0 spiro atoms. The molecule has 0 saturated carbocycles. The van der Waals surface area contributed by atoms with Gasteiger partial charge in [0.25, 0.3) is 0 Å². The van der Waals surface area contributed by atoms with Crippen LogP contribution in [0.25, 0.3) is 0 Å². The number of benzene rings is 1. The fourth-order valence-corrected chi connectivity index (χ4v) is 1.30. The van der Waals surface area contributed by atoms with Crippen LogP contribution < -0.4 is 10.6 Å². The molecule has 0 aliphatic carbocycles. The lowest BCUT2D eigenvalue weighted by Crippen LogP contribution is -2.20. The van der Waals surface area contributed by atoms with Crippen molar-refractivity contribution >= 4 is 11.6 Å². The average molecular weight is 206 g/mol. The Balaban J connectivity index is 2.44. The summed E-state index contributed by atoms with van der Waals surface area (Å²) >= 11 is 0. The number of hydrogen-bond donors (Lipinski definition) is 2. The van der Waals surface area contributed by atoms with E-state index in [2.05, 4.69) is 36.6 Å². The quantitative estimate of drug-likeness (QED) is 0.789. The summed E-state index contributed by atoms with van der Waals surface area (Å²) in [4.78, 5) is 11.0. The van der Waals surface area contributed by atoms with Crippen LogP contribution in [-0.2, 0) is 4.79 Å². The van der Waals surface area contributed by atoms with E-state index in [1.807, 2.05) is 6.07 Å². The van der Waals surface area contributed by atoms with Gasteiger partial charge in [0.2, 0.25) is 5.91 Å². The molecule has 0 radical (unpaired) electrons. The summed E-state index contributed by atoms with van der Waals surface area (Å²) in [7, 11) is 1.65. The van der Waals surface area contributed by atoms with E-state index in [9.17, 15) is 4.79 Å². The molecule has 0 aromatic heterocycles. The smallest absolute Gasteiger partial charge is 0.221 e. The molecule has 0 saturated heterocycles. The van der Waals surface area contributed by atoms with Crippen molar-refractivity contribution in [1.82, 2.24) is 5.32 Å². The lowest BCUT2D eigenvalue weighted by atomic mass is 10.1. The minimum absolute atomic E-state index is 0.0614. The van der Waals surface area contributed by atoms with Gasteiger partial charge in [0.15, 0.2) is 0 Å². The molecule has 1 aromatic carbocycles. The number of anilines is 1. The number of aryl methyl sites for hydroxylation is 2. The van der Waals surface area contributed by atoms with Gasteiger partial charge in [-0.25, -0.2) is 0 Å². The number of rotatable bonds is 4. The Morgan fingerprint density at radius 1 is 1.27 bits per heavy atom. The van der Waals surface area contributed by atoms with Crippen LogP contribution in [0.4, 0.5) is 5.69 Å². The van der Waals surface area contributed by atoms with Crippen molar-refractivity contribution in [3.8, 4) is 0 Å². The normalized spacial score (nSPS) is 9.80. The van der Waals surface area contributed by atoms with Crippen molar-refractivity contribution in [2.24, 2.45) is 0 Å². The Hall–Kier alpha value is -1.51. The maximum Gasteiger partial charge on any atom is 0.221 e. The molecule has 0 bridgehead atoms. The molecule has 0 fully saturated rings. The summed E-state index contributed by atoms with van der Waals surface area (Å²) in [5.74, 6) is 0.0614. The van der Waals surface area contributed by atoms with E-state index in [0.29, 0.717) is 13.0 Å². The second kappa shape index (κ2) is 5.39. The summed E-state index contributed by atoms with van der Waals surface area (Å²) in [5, 5.41) is 5.81. The predicted octanol–water partition coefficient (Wildman–Crippen LogP) is 1.85. The summed E-state index contributed by atoms with van der Waals surface area (Å²) in [6, 6.07) is 6.21. The van der Waals surface area contributed by atoms with Gasteiger partial charge >= 0.3 is 0 Å². The summed E-state index contributed by atoms with van der Waals surface area (Å²) in [5.41, 5.74) is 3.62. The molecule has 82 valence electrons. The van der Waals surface area contributed by atoms with E-state index < -0.39 is 0 Å². The second-order valence-corrected chi connectivity index (χ2v) is 3.65. The van der Waals surface area contributed by atoms with Gasteiger partial charge in [0.05, 0.1) is 0 Å². The number of nitrogens with one attached hydrogen (secondary N) is 2. The van der Waals surface area contributed by atoms with Crippen LogP contribution in [0.15, 0.2) is 18.2 Å². The van der Waals surface area contributed by atoms with Crippen molar-refractivity contribution in [3.05, 3.63) is 29.3 Å². The lowest BCUT2D eigenvalue weighted by molar-refractivity contribution is -0.120. The fraction of sp³-hybridized carbons (Fsp3) is 0.417. The van der Waals surface area contributed by atoms with E-state index in [0.717, 1.165) is 5.69 Å². The third-order valence-electron chi connectivity index (χ3n) is 2.47. The maximum atomic E-state index is 11.0. The molecule has 0 atom stereocenters. The van der Waals surface area contributed by atoms with Crippen LogP contribution in [0.2, 0.25) is 0 Å². The molecule has 0 aliphatic rings. The Labute approximate surface area is 90.9 Å². The van der Waals surface area contributed by atoms with Crippen molar-refractivity contribution in [2.75, 3.05) is 18.9 Å². The molecule has 1 rings (SSSR count). The molecule has 0 heterocycles. The molecule has 0 aliphatic heterocycles. The third kappa shape index (κ3) is 3.62. The van der Waals surface area contributed by atoms with Gasteiger partial charge < -0.3 is 10.6 Å². The number of hydrogen-bond acceptors (Lipinski definition) is 2. The zero-order chi connectivity index (χ0) is 11.3. The first kappa shape index (κ1) is 11.6. The average Bonchev–Trinajstić information content (AvgIpc) is 2.23. The van der Waals surface area contributed by atoms with Crippen molar-refractivity contribution in [1.29, 1.82) is 0 Å². The highest BCUT2D eigenvalue weighted by atomic mass is 16.1. The molecule has 2 N–H and O–H groups in total. The van der Waals surface area contributed by atoms with Crippen LogP contribution in [0.5, 0.6) is 0 Å². The van der Waals surface area contributed by atoms with Gasteiger partial charge in [-0.15, -0.1) is 0 Å². The first-order valence-electron chi connectivity index (χ1n) is 5.15. The van der Waals surface area contributed by atoms with Gasteiger partial charge in [-0.1, -0.05) is 6.07 Å². The molecule has 3 nitrogen and oxygen atoms in total. The standard InChI is InChI=1S/C12H18N2O/c1-9-4-5-11(8-10(9)2)14-7-6-12(15)13-3/h4-5,8,14H,6-7H2,1-3H3,(H,13,15). The first-order chi connectivity index (χ1) is 7.13. The molecule has 1 aromatic rings. The molecule has 0 unspecified atom stereocenters. The van der Waals surface area contributed by atoms with Gasteiger partial charge in [-0.3, -0.25) is 4.79 Å². The van der Waals surface area contributed by atoms with Gasteiger partial charge in [-0.2, -0.15) is 0 Å². The molecular formula is C12H18N2O. The highest BCUT2D eigenvalue weighted by Gasteiger charge is 1.98. The van der Waals surface area contributed by atoms with Crippen LogP contribution in [0.3, 0.4) is 0 Å². The van der Waals surface area contributed by atoms with Gasteiger partial charge in [0, 0.05) is 25.7 Å². The van der Waals surface area contributed by atoms with E-state index in [1.54, 1.807) is 7.05 Å². The minimum Gasteiger partial charge on any atom is -0.385 e. The number of carbonyl (C=O) groups excluding carboxylic acids is 1. The van der Waals surface area contributed by atoms with E-state index in [1.165, 1.54) is 11.1 Å². The van der Waals surface area contributed by atoms with Crippen LogP contribution in [-0.4, -0.2) is 19.5 Å². The zero-order valence-electron chi connectivity index (χ0n) is 9.55. The van der Waals surface area contributed by atoms with E-state index >= 15 is 0 Å². The predicted molar refractivity (Wildman–Crippen MR) is 63.1 cm³/mol. The zero-order valence-corrected chi connectivity index (χ0v) is 9.55. The third-order valence-corrected chi connectivity index (χ3v) is 2.47.